The molecule has 1 unspecified atom stereocenters. The zero-order valence-electron chi connectivity index (χ0n) is 20.2. The van der Waals surface area contributed by atoms with E-state index in [0.29, 0.717) is 24.5 Å². The lowest BCUT2D eigenvalue weighted by Crippen LogP contribution is -3.06. The van der Waals surface area contributed by atoms with Gasteiger partial charge in [0.1, 0.15) is 5.75 Å². The van der Waals surface area contributed by atoms with E-state index in [1.165, 1.54) is 17.0 Å². The number of carbonyl (C=O) groups excluding carboxylic acids is 2. The quantitative estimate of drug-likeness (QED) is 0.340. The molecule has 34 heavy (non-hydrogen) atoms. The minimum atomic E-state index is -0.864. The number of nitrogens with one attached hydrogen (secondary N) is 1. The summed E-state index contributed by atoms with van der Waals surface area (Å²) in [5.74, 6) is -2.32. The lowest BCUT2D eigenvalue weighted by Gasteiger charge is -2.28. The fraction of sp³-hybridized carbons (Fsp3) is 0.385. The van der Waals surface area contributed by atoms with Crippen LogP contribution in [0.4, 0.5) is 4.39 Å². The highest BCUT2D eigenvalue weighted by Gasteiger charge is 2.44. The molecule has 3 rings (SSSR count). The van der Waals surface area contributed by atoms with Gasteiger partial charge in [-0.25, -0.2) is 4.39 Å². The number of quaternary nitrogens is 1. The van der Waals surface area contributed by atoms with E-state index < -0.39 is 29.3 Å². The lowest BCUT2D eigenvalue weighted by molar-refractivity contribution is -0.857. The molecule has 1 atom stereocenters. The number of hydrogen-bond donors (Lipinski definition) is 1. The number of likely N-dealkylation sites (N-methyl/N-ethyl adjacent to an activating group) is 1. The second-order valence-corrected chi connectivity index (χ2v) is 8.74. The van der Waals surface area contributed by atoms with Gasteiger partial charge < -0.3 is 24.4 Å². The van der Waals surface area contributed by atoms with Crippen LogP contribution in [0.5, 0.6) is 11.5 Å². The van der Waals surface area contributed by atoms with Crippen molar-refractivity contribution >= 4 is 17.4 Å². The average molecular weight is 471 g/mol. The van der Waals surface area contributed by atoms with Gasteiger partial charge in [0.2, 0.25) is 5.78 Å². The molecule has 182 valence electrons. The standard InChI is InChI=1S/C26H31FN2O5/c1-6-33-19-10-7-17(8-11-19)23-22(25(31)26(32)29(23)14-13-28(4)5)24(30)18-9-12-21(20(27)15-18)34-16(2)3/h7-12,15-16,23,30H,6,13-14H2,1-5H3/b24-22+. The third-order valence-electron chi connectivity index (χ3n) is 5.45. The molecule has 2 aromatic rings. The Labute approximate surface area is 199 Å². The minimum Gasteiger partial charge on any atom is -0.872 e. The first-order valence-electron chi connectivity index (χ1n) is 11.4. The SMILES string of the molecule is CCOc1ccc(C2/C(=C(\[O-])c3ccc(OC(C)C)c(F)c3)C(=O)C(=O)N2CC[NH+](C)C)cc1. The Kier molecular flexibility index (Phi) is 7.94. The van der Waals surface area contributed by atoms with Crippen molar-refractivity contribution in [1.29, 1.82) is 0 Å². The lowest BCUT2D eigenvalue weighted by atomic mass is 9.95. The number of nitrogens with zero attached hydrogens (tertiary/aromatic N) is 1. The summed E-state index contributed by atoms with van der Waals surface area (Å²) in [6, 6.07) is 9.92. The molecule has 1 saturated heterocycles. The van der Waals surface area contributed by atoms with Gasteiger partial charge in [0, 0.05) is 5.57 Å². The summed E-state index contributed by atoms with van der Waals surface area (Å²) >= 11 is 0. The summed E-state index contributed by atoms with van der Waals surface area (Å²) < 4.78 is 25.5. The van der Waals surface area contributed by atoms with Crippen LogP contribution in [-0.2, 0) is 9.59 Å². The molecule has 1 fully saturated rings. The molecule has 0 saturated carbocycles. The highest BCUT2D eigenvalue weighted by molar-refractivity contribution is 6.46. The van der Waals surface area contributed by atoms with E-state index in [4.69, 9.17) is 9.47 Å². The van der Waals surface area contributed by atoms with Gasteiger partial charge in [0.15, 0.2) is 11.6 Å². The first kappa shape index (κ1) is 25.2. The topological polar surface area (TPSA) is 83.3 Å². The number of likely N-dealkylation sites (tertiary alicyclic amines) is 1. The maximum Gasteiger partial charge on any atom is 0.295 e. The normalized spacial score (nSPS) is 17.6. The number of benzene rings is 2. The first-order chi connectivity index (χ1) is 16.1. The predicted molar refractivity (Wildman–Crippen MR) is 124 cm³/mol. The molecule has 2 aromatic carbocycles. The van der Waals surface area contributed by atoms with Crippen LogP contribution in [0.3, 0.4) is 0 Å². The van der Waals surface area contributed by atoms with Gasteiger partial charge >= 0.3 is 0 Å². The smallest absolute Gasteiger partial charge is 0.295 e. The first-order valence-corrected chi connectivity index (χ1v) is 11.4. The van der Waals surface area contributed by atoms with Gasteiger partial charge in [-0.05, 0) is 56.2 Å². The van der Waals surface area contributed by atoms with E-state index in [-0.39, 0.29) is 29.5 Å². The van der Waals surface area contributed by atoms with Gasteiger partial charge in [0.25, 0.3) is 5.91 Å². The van der Waals surface area contributed by atoms with E-state index in [1.54, 1.807) is 38.1 Å². The van der Waals surface area contributed by atoms with E-state index in [2.05, 4.69) is 0 Å². The fourth-order valence-electron chi connectivity index (χ4n) is 3.85. The zero-order valence-corrected chi connectivity index (χ0v) is 20.2. The summed E-state index contributed by atoms with van der Waals surface area (Å²) in [7, 11) is 3.88. The minimum absolute atomic E-state index is 0.0132. The predicted octanol–water partition coefficient (Wildman–Crippen LogP) is 1.38. The second-order valence-electron chi connectivity index (χ2n) is 8.74. The fourth-order valence-corrected chi connectivity index (χ4v) is 3.85. The molecule has 7 nitrogen and oxygen atoms in total. The monoisotopic (exact) mass is 470 g/mol. The second kappa shape index (κ2) is 10.7. The summed E-state index contributed by atoms with van der Waals surface area (Å²) in [6.45, 7) is 6.77. The van der Waals surface area contributed by atoms with E-state index in [0.717, 1.165) is 11.0 Å². The van der Waals surface area contributed by atoms with Crippen LogP contribution in [-0.4, -0.2) is 56.5 Å². The Hall–Kier alpha value is -3.39. The van der Waals surface area contributed by atoms with Gasteiger partial charge in [-0.1, -0.05) is 24.0 Å². The van der Waals surface area contributed by atoms with Crippen molar-refractivity contribution in [2.45, 2.75) is 32.9 Å². The van der Waals surface area contributed by atoms with E-state index >= 15 is 0 Å². The highest BCUT2D eigenvalue weighted by Crippen LogP contribution is 2.39. The molecule has 1 N–H and O–H groups in total. The van der Waals surface area contributed by atoms with Crippen molar-refractivity contribution < 1.29 is 33.5 Å². The van der Waals surface area contributed by atoms with Crippen molar-refractivity contribution in [3.8, 4) is 11.5 Å². The van der Waals surface area contributed by atoms with Gasteiger partial charge in [-0.3, -0.25) is 9.59 Å². The number of carbonyl (C=O) groups is 2. The molecule has 1 aliphatic rings. The highest BCUT2D eigenvalue weighted by atomic mass is 19.1. The molecule has 1 heterocycles. The van der Waals surface area contributed by atoms with Crippen molar-refractivity contribution in [1.82, 2.24) is 4.90 Å². The molecular formula is C26H31FN2O5. The molecule has 1 aliphatic heterocycles. The maximum absolute atomic E-state index is 14.6. The number of halogens is 1. The van der Waals surface area contributed by atoms with Gasteiger partial charge in [-0.15, -0.1) is 0 Å². The number of amides is 1. The van der Waals surface area contributed by atoms with Crippen molar-refractivity contribution in [3.63, 3.8) is 0 Å². The number of hydrogen-bond acceptors (Lipinski definition) is 5. The molecule has 0 aliphatic carbocycles. The molecule has 0 bridgehead atoms. The zero-order chi connectivity index (χ0) is 25.0. The molecule has 0 radical (unpaired) electrons. The third-order valence-corrected chi connectivity index (χ3v) is 5.45. The van der Waals surface area contributed by atoms with Gasteiger partial charge in [0.05, 0.1) is 45.9 Å². The van der Waals surface area contributed by atoms with Crippen LogP contribution in [0.2, 0.25) is 0 Å². The van der Waals surface area contributed by atoms with Crippen LogP contribution in [0.15, 0.2) is 48.0 Å². The number of Topliss-reactive ketones (excluding diaryl/α,β-unsaturated/α-hetero) is 1. The Morgan fingerprint density at radius 1 is 1.15 bits per heavy atom. The molecule has 8 heteroatoms. The Morgan fingerprint density at radius 3 is 2.38 bits per heavy atom. The molecular weight excluding hydrogens is 439 g/mol. The molecule has 1 amide bonds. The number of ether oxygens (including phenoxy) is 2. The Morgan fingerprint density at radius 2 is 1.82 bits per heavy atom. The maximum atomic E-state index is 14.6. The number of rotatable bonds is 9. The van der Waals surface area contributed by atoms with Crippen LogP contribution >= 0.6 is 0 Å². The van der Waals surface area contributed by atoms with Crippen molar-refractivity contribution in [3.05, 3.63) is 65.0 Å². The molecule has 0 spiro atoms. The molecule has 0 aromatic heterocycles. The third kappa shape index (κ3) is 5.39. The van der Waals surface area contributed by atoms with Crippen LogP contribution in [0.25, 0.3) is 5.76 Å². The van der Waals surface area contributed by atoms with Crippen molar-refractivity contribution in [2.24, 2.45) is 0 Å². The summed E-state index contributed by atoms with van der Waals surface area (Å²) in [6.07, 6.45) is -0.240. The van der Waals surface area contributed by atoms with Crippen LogP contribution in [0, 0.1) is 5.82 Å². The average Bonchev–Trinajstić information content (AvgIpc) is 3.03. The summed E-state index contributed by atoms with van der Waals surface area (Å²) in [5, 5.41) is 13.5. The largest absolute Gasteiger partial charge is 0.872 e. The van der Waals surface area contributed by atoms with Gasteiger partial charge in [-0.2, -0.15) is 0 Å². The summed E-state index contributed by atoms with van der Waals surface area (Å²) in [4.78, 5) is 28.5. The summed E-state index contributed by atoms with van der Waals surface area (Å²) in [5.41, 5.74) is 0.417. The van der Waals surface area contributed by atoms with Crippen LogP contribution in [0.1, 0.15) is 37.9 Å². The van der Waals surface area contributed by atoms with Crippen LogP contribution < -0.4 is 19.5 Å². The van der Waals surface area contributed by atoms with E-state index in [9.17, 15) is 19.1 Å². The Balaban J connectivity index is 2.09. The van der Waals surface area contributed by atoms with E-state index in [1.807, 2.05) is 21.0 Å². The number of ketones is 1. The Bertz CT molecular complexity index is 1080. The van der Waals surface area contributed by atoms with Crippen molar-refractivity contribution in [2.75, 3.05) is 33.8 Å².